The maximum Gasteiger partial charge on any atom is 0.344 e. The monoisotopic (exact) mass is 338 g/mol. The molecular weight excluding hydrogens is 324 g/mol. The minimum Gasteiger partial charge on any atom is -0.456 e. The molecule has 0 fully saturated rings. The second-order valence-corrected chi connectivity index (χ2v) is 6.43. The Bertz CT molecular complexity index is 744. The van der Waals surface area contributed by atoms with Crippen LogP contribution in [0.1, 0.15) is 31.1 Å². The van der Waals surface area contributed by atoms with E-state index in [1.54, 1.807) is 44.6 Å². The van der Waals surface area contributed by atoms with E-state index in [9.17, 15) is 9.59 Å². The van der Waals surface area contributed by atoms with Crippen LogP contribution in [-0.2, 0) is 11.8 Å². The number of rotatable bonds is 1. The Morgan fingerprint density at radius 2 is 2.05 bits per heavy atom. The smallest absolute Gasteiger partial charge is 0.344 e. The summed E-state index contributed by atoms with van der Waals surface area (Å²) in [5.41, 5.74) is -0.492. The highest BCUT2D eigenvalue weighted by Crippen LogP contribution is 2.16. The number of aryl methyl sites for hydroxylation is 1. The third-order valence-corrected chi connectivity index (χ3v) is 3.03. The number of carbonyl (C=O) groups is 1. The van der Waals surface area contributed by atoms with Crippen molar-refractivity contribution in [2.24, 2.45) is 7.05 Å². The first-order valence-corrected chi connectivity index (χ1v) is 6.86. The normalized spacial score (nSPS) is 11.7. The number of halogens is 1. The van der Waals surface area contributed by atoms with Gasteiger partial charge in [0.1, 0.15) is 16.8 Å². The van der Waals surface area contributed by atoms with Gasteiger partial charge >= 0.3 is 5.97 Å². The van der Waals surface area contributed by atoms with Gasteiger partial charge < -0.3 is 9.30 Å². The molecule has 0 saturated heterocycles. The van der Waals surface area contributed by atoms with E-state index in [4.69, 9.17) is 4.74 Å². The third-order valence-electron chi connectivity index (χ3n) is 2.60. The molecule has 20 heavy (non-hydrogen) atoms. The van der Waals surface area contributed by atoms with Crippen LogP contribution in [0.15, 0.2) is 27.7 Å². The van der Waals surface area contributed by atoms with Gasteiger partial charge in [0.15, 0.2) is 0 Å². The molecule has 5 nitrogen and oxygen atoms in total. The summed E-state index contributed by atoms with van der Waals surface area (Å²) in [6.45, 7) is 5.28. The van der Waals surface area contributed by atoms with E-state index in [0.717, 1.165) is 0 Å². The molecule has 2 aromatic rings. The zero-order chi connectivity index (χ0) is 15.1. The standard InChI is InChI=1S/C14H15BrN2O3/c1-14(2,3)20-13(19)10-7-17(4)12-9(11(10)18)5-8(15)6-16-12/h5-7H,1-4H3. The Morgan fingerprint density at radius 3 is 2.65 bits per heavy atom. The summed E-state index contributed by atoms with van der Waals surface area (Å²) in [6.07, 6.45) is 3.06. The van der Waals surface area contributed by atoms with E-state index < -0.39 is 11.6 Å². The summed E-state index contributed by atoms with van der Waals surface area (Å²) in [5.74, 6) is -0.625. The largest absolute Gasteiger partial charge is 0.456 e. The molecule has 0 N–H and O–H groups in total. The van der Waals surface area contributed by atoms with Crippen LogP contribution in [0.25, 0.3) is 11.0 Å². The van der Waals surface area contributed by atoms with Crippen LogP contribution < -0.4 is 5.43 Å². The first kappa shape index (κ1) is 14.7. The van der Waals surface area contributed by atoms with Gasteiger partial charge in [-0.15, -0.1) is 0 Å². The SMILES string of the molecule is Cn1cc(C(=O)OC(C)(C)C)c(=O)c2cc(Br)cnc21. The van der Waals surface area contributed by atoms with Crippen molar-refractivity contribution in [3.8, 4) is 0 Å². The minimum absolute atomic E-state index is 0.00910. The predicted octanol–water partition coefficient (Wildman–Crippen LogP) is 2.65. The number of fused-ring (bicyclic) bond motifs is 1. The predicted molar refractivity (Wildman–Crippen MR) is 79.9 cm³/mol. The zero-order valence-electron chi connectivity index (χ0n) is 11.7. The van der Waals surface area contributed by atoms with Crippen LogP contribution in [0.2, 0.25) is 0 Å². The van der Waals surface area contributed by atoms with Gasteiger partial charge in [-0.3, -0.25) is 4.79 Å². The average Bonchev–Trinajstić information content (AvgIpc) is 2.31. The van der Waals surface area contributed by atoms with Crippen molar-refractivity contribution >= 4 is 32.9 Å². The minimum atomic E-state index is -0.646. The number of hydrogen-bond acceptors (Lipinski definition) is 4. The van der Waals surface area contributed by atoms with Gasteiger partial charge in [-0.1, -0.05) is 0 Å². The fourth-order valence-electron chi connectivity index (χ4n) is 1.82. The van der Waals surface area contributed by atoms with Gasteiger partial charge in [0.25, 0.3) is 0 Å². The second-order valence-electron chi connectivity index (χ2n) is 5.51. The quantitative estimate of drug-likeness (QED) is 0.750. The summed E-state index contributed by atoms with van der Waals surface area (Å²) in [5, 5.41) is 0.380. The molecule has 0 spiro atoms. The highest BCUT2D eigenvalue weighted by Gasteiger charge is 2.22. The van der Waals surface area contributed by atoms with Crippen LogP contribution in [0.4, 0.5) is 0 Å². The van der Waals surface area contributed by atoms with Crippen LogP contribution in [0.5, 0.6) is 0 Å². The van der Waals surface area contributed by atoms with Crippen molar-refractivity contribution < 1.29 is 9.53 Å². The van der Waals surface area contributed by atoms with Crippen LogP contribution in [0, 0.1) is 0 Å². The number of hydrogen-bond donors (Lipinski definition) is 0. The van der Waals surface area contributed by atoms with Crippen molar-refractivity contribution in [3.63, 3.8) is 0 Å². The molecule has 0 unspecified atom stereocenters. The summed E-state index contributed by atoms with van der Waals surface area (Å²) in [6, 6.07) is 1.65. The number of carbonyl (C=O) groups excluding carboxylic acids is 1. The summed E-state index contributed by atoms with van der Waals surface area (Å²) < 4.78 is 7.58. The molecule has 2 aromatic heterocycles. The maximum absolute atomic E-state index is 12.4. The molecule has 0 bridgehead atoms. The molecule has 0 atom stereocenters. The van der Waals surface area contributed by atoms with Gasteiger partial charge in [-0.05, 0) is 42.8 Å². The molecule has 0 radical (unpaired) electrons. The summed E-state index contributed by atoms with van der Waals surface area (Å²) in [4.78, 5) is 28.7. The van der Waals surface area contributed by atoms with Crippen LogP contribution in [0.3, 0.4) is 0 Å². The molecule has 0 aliphatic heterocycles. The fraction of sp³-hybridized carbons (Fsp3) is 0.357. The Labute approximate surface area is 124 Å². The molecular formula is C14H15BrN2O3. The topological polar surface area (TPSA) is 61.2 Å². The van der Waals surface area contributed by atoms with Gasteiger partial charge in [-0.25, -0.2) is 9.78 Å². The molecule has 106 valence electrons. The van der Waals surface area contributed by atoms with Crippen LogP contribution >= 0.6 is 15.9 Å². The van der Waals surface area contributed by atoms with Gasteiger partial charge in [0.05, 0.1) is 5.39 Å². The van der Waals surface area contributed by atoms with Gasteiger partial charge in [0.2, 0.25) is 5.43 Å². The highest BCUT2D eigenvalue weighted by atomic mass is 79.9. The van der Waals surface area contributed by atoms with E-state index in [-0.39, 0.29) is 11.0 Å². The van der Waals surface area contributed by atoms with Crippen molar-refractivity contribution in [2.45, 2.75) is 26.4 Å². The van der Waals surface area contributed by atoms with E-state index >= 15 is 0 Å². The van der Waals surface area contributed by atoms with Crippen molar-refractivity contribution in [1.29, 1.82) is 0 Å². The first-order valence-electron chi connectivity index (χ1n) is 6.07. The van der Waals surface area contributed by atoms with Gasteiger partial charge in [-0.2, -0.15) is 0 Å². The lowest BCUT2D eigenvalue weighted by molar-refractivity contribution is 0.00675. The van der Waals surface area contributed by atoms with E-state index in [1.165, 1.54) is 6.20 Å². The molecule has 0 saturated carbocycles. The molecule has 0 amide bonds. The summed E-state index contributed by atoms with van der Waals surface area (Å²) in [7, 11) is 1.73. The lowest BCUT2D eigenvalue weighted by Crippen LogP contribution is -2.28. The molecule has 2 heterocycles. The van der Waals surface area contributed by atoms with Crippen molar-refractivity contribution in [3.05, 3.63) is 38.7 Å². The van der Waals surface area contributed by atoms with E-state index in [1.807, 2.05) is 0 Å². The molecule has 2 rings (SSSR count). The molecule has 6 heteroatoms. The number of aromatic nitrogens is 2. The number of pyridine rings is 2. The first-order chi connectivity index (χ1) is 9.19. The zero-order valence-corrected chi connectivity index (χ0v) is 13.3. The third kappa shape index (κ3) is 2.90. The van der Waals surface area contributed by atoms with Crippen molar-refractivity contribution in [1.82, 2.24) is 9.55 Å². The Balaban J connectivity index is 2.64. The second kappa shape index (κ2) is 5.01. The molecule has 0 aliphatic carbocycles. The van der Waals surface area contributed by atoms with Gasteiger partial charge in [0, 0.05) is 23.9 Å². The van der Waals surface area contributed by atoms with E-state index in [2.05, 4.69) is 20.9 Å². The number of esters is 1. The number of ether oxygens (including phenoxy) is 1. The van der Waals surface area contributed by atoms with Crippen molar-refractivity contribution in [2.75, 3.05) is 0 Å². The Kier molecular flexibility index (Phi) is 3.69. The summed E-state index contributed by atoms with van der Waals surface area (Å²) >= 11 is 3.27. The lowest BCUT2D eigenvalue weighted by atomic mass is 10.1. The molecule has 0 aromatic carbocycles. The lowest BCUT2D eigenvalue weighted by Gasteiger charge is -2.19. The van der Waals surface area contributed by atoms with E-state index in [0.29, 0.717) is 15.5 Å². The molecule has 0 aliphatic rings. The highest BCUT2D eigenvalue weighted by molar-refractivity contribution is 9.10. The average molecular weight is 339 g/mol. The number of nitrogens with zero attached hydrogens (tertiary/aromatic N) is 2. The maximum atomic E-state index is 12.4. The Hall–Kier alpha value is -1.69. The van der Waals surface area contributed by atoms with Crippen LogP contribution in [-0.4, -0.2) is 21.1 Å². The fourth-order valence-corrected chi connectivity index (χ4v) is 2.15. The Morgan fingerprint density at radius 1 is 1.40 bits per heavy atom.